The van der Waals surface area contributed by atoms with E-state index in [-0.39, 0.29) is 11.7 Å². The second-order valence-corrected chi connectivity index (χ2v) is 3.70. The molecule has 0 radical (unpaired) electrons. The van der Waals surface area contributed by atoms with Crippen molar-refractivity contribution in [3.63, 3.8) is 0 Å². The average Bonchev–Trinajstić information content (AvgIpc) is 1.62. The van der Waals surface area contributed by atoms with E-state index < -0.39 is 10.0 Å². The molecule has 0 aromatic carbocycles. The van der Waals surface area contributed by atoms with Crippen molar-refractivity contribution in [2.45, 2.75) is 6.92 Å². The molecule has 0 fully saturated rings. The van der Waals surface area contributed by atoms with E-state index >= 15 is 0 Å². The number of nitrogens with two attached hydrogens (primary N) is 1. The molecule has 0 aromatic heterocycles. The minimum Gasteiger partial charge on any atom is -0.229 e. The third-order valence-corrected chi connectivity index (χ3v) is 1.89. The highest BCUT2D eigenvalue weighted by Crippen LogP contribution is 1.96. The maximum absolute atomic E-state index is 10.3. The first kappa shape index (κ1) is 8.65. The van der Waals surface area contributed by atoms with E-state index in [9.17, 15) is 8.42 Å². The van der Waals surface area contributed by atoms with Gasteiger partial charge in [0, 0.05) is 0 Å². The maximum Gasteiger partial charge on any atom is 0.209 e. The second kappa shape index (κ2) is 2.98. The lowest BCUT2D eigenvalue weighted by Crippen LogP contribution is -2.20. The molecule has 0 aliphatic carbocycles. The van der Waals surface area contributed by atoms with Gasteiger partial charge in [-0.25, -0.2) is 13.6 Å². The zero-order chi connectivity index (χ0) is 7.49. The molecule has 0 saturated carbocycles. The van der Waals surface area contributed by atoms with Crippen LogP contribution in [0.1, 0.15) is 6.92 Å². The summed E-state index contributed by atoms with van der Waals surface area (Å²) in [6, 6.07) is 0. The third-order valence-electron chi connectivity index (χ3n) is 0.898. The summed E-state index contributed by atoms with van der Waals surface area (Å²) in [7, 11) is -3.31. The molecule has 2 N–H and O–H groups in total. The smallest absolute Gasteiger partial charge is 0.209 e. The minimum absolute atomic E-state index is 0.0174. The zero-order valence-corrected chi connectivity index (χ0v) is 6.19. The van der Waals surface area contributed by atoms with E-state index in [1.54, 1.807) is 13.0 Å². The molecule has 4 heteroatoms. The predicted molar refractivity (Wildman–Crippen MR) is 37.3 cm³/mol. The van der Waals surface area contributed by atoms with Gasteiger partial charge in [0.05, 0.1) is 5.75 Å². The van der Waals surface area contributed by atoms with Crippen molar-refractivity contribution in [1.82, 2.24) is 0 Å². The van der Waals surface area contributed by atoms with Gasteiger partial charge >= 0.3 is 0 Å². The van der Waals surface area contributed by atoms with Crippen LogP contribution in [0.5, 0.6) is 0 Å². The number of allylic oxidation sites excluding steroid dienone is 1. The molecule has 0 unspecified atom stereocenters. The first-order valence-electron chi connectivity index (χ1n) is 2.58. The lowest BCUT2D eigenvalue weighted by Gasteiger charge is -2.00. The Kier molecular flexibility index (Phi) is 2.87. The molecule has 1 atom stereocenters. The van der Waals surface area contributed by atoms with E-state index in [4.69, 9.17) is 5.14 Å². The Labute approximate surface area is 55.6 Å². The van der Waals surface area contributed by atoms with Crippen LogP contribution >= 0.6 is 0 Å². The number of hydrogen-bond acceptors (Lipinski definition) is 2. The van der Waals surface area contributed by atoms with Crippen molar-refractivity contribution in [1.29, 1.82) is 0 Å². The van der Waals surface area contributed by atoms with Gasteiger partial charge in [0.1, 0.15) is 0 Å². The van der Waals surface area contributed by atoms with Crippen LogP contribution in [0.2, 0.25) is 0 Å². The van der Waals surface area contributed by atoms with Crippen molar-refractivity contribution >= 4 is 10.0 Å². The quantitative estimate of drug-likeness (QED) is 0.578. The maximum atomic E-state index is 10.3. The molecule has 0 spiro atoms. The van der Waals surface area contributed by atoms with Crippen LogP contribution in [0.4, 0.5) is 0 Å². The molecule has 0 aliphatic rings. The summed E-state index contributed by atoms with van der Waals surface area (Å²) < 4.78 is 20.7. The van der Waals surface area contributed by atoms with E-state index in [0.29, 0.717) is 0 Å². The largest absolute Gasteiger partial charge is 0.229 e. The Morgan fingerprint density at radius 1 is 1.78 bits per heavy atom. The number of sulfonamides is 1. The Balaban J connectivity index is 3.89. The molecule has 0 rings (SSSR count). The molecule has 54 valence electrons. The molecule has 0 aliphatic heterocycles. The molecule has 3 nitrogen and oxygen atoms in total. The molecular weight excluding hydrogens is 138 g/mol. The molecule has 0 amide bonds. The van der Waals surface area contributed by atoms with Gasteiger partial charge in [0.2, 0.25) is 10.0 Å². The summed E-state index contributed by atoms with van der Waals surface area (Å²) in [6.07, 6.45) is 1.56. The van der Waals surface area contributed by atoms with E-state index in [1.165, 1.54) is 0 Å². The summed E-state index contributed by atoms with van der Waals surface area (Å²) in [5.74, 6) is -0.0729. The van der Waals surface area contributed by atoms with Crippen LogP contribution in [-0.2, 0) is 10.0 Å². The lowest BCUT2D eigenvalue weighted by atomic mass is 10.2. The van der Waals surface area contributed by atoms with Gasteiger partial charge in [-0.3, -0.25) is 0 Å². The normalized spacial score (nSPS) is 14.9. The molecule has 0 aromatic rings. The average molecular weight is 149 g/mol. The Morgan fingerprint density at radius 3 is 2.33 bits per heavy atom. The second-order valence-electron chi connectivity index (χ2n) is 2.04. The molecule has 0 saturated heterocycles. The van der Waals surface area contributed by atoms with Gasteiger partial charge in [-0.05, 0) is 5.92 Å². The summed E-state index contributed by atoms with van der Waals surface area (Å²) in [5.41, 5.74) is 0. The van der Waals surface area contributed by atoms with Crippen LogP contribution in [-0.4, -0.2) is 14.2 Å². The summed E-state index contributed by atoms with van der Waals surface area (Å²) >= 11 is 0. The van der Waals surface area contributed by atoms with Gasteiger partial charge in [0.25, 0.3) is 0 Å². The lowest BCUT2D eigenvalue weighted by molar-refractivity contribution is 0.590. The standard InChI is InChI=1S/C5H11NO2S/c1-3-5(2)4-9(6,7)8/h3,5H,1,4H2,2H3,(H2,6,7,8)/t5-/m1/s1. The van der Waals surface area contributed by atoms with Crippen LogP contribution in [0.15, 0.2) is 12.7 Å². The predicted octanol–water partition coefficient (Wildman–Crippen LogP) is 0.0970. The van der Waals surface area contributed by atoms with Crippen molar-refractivity contribution < 1.29 is 8.42 Å². The van der Waals surface area contributed by atoms with E-state index in [2.05, 4.69) is 6.58 Å². The van der Waals surface area contributed by atoms with Crippen molar-refractivity contribution in [2.24, 2.45) is 11.1 Å². The fourth-order valence-corrected chi connectivity index (χ4v) is 1.30. The van der Waals surface area contributed by atoms with Gasteiger partial charge in [-0.2, -0.15) is 0 Å². The van der Waals surface area contributed by atoms with Crippen molar-refractivity contribution in [2.75, 3.05) is 5.75 Å². The highest BCUT2D eigenvalue weighted by Gasteiger charge is 2.05. The van der Waals surface area contributed by atoms with E-state index in [0.717, 1.165) is 0 Å². The third kappa shape index (κ3) is 5.52. The van der Waals surface area contributed by atoms with Crippen molar-refractivity contribution in [3.05, 3.63) is 12.7 Å². The summed E-state index contributed by atoms with van der Waals surface area (Å²) in [6.45, 7) is 5.17. The van der Waals surface area contributed by atoms with Crippen LogP contribution in [0.25, 0.3) is 0 Å². The van der Waals surface area contributed by atoms with Crippen LogP contribution in [0, 0.1) is 5.92 Å². The monoisotopic (exact) mass is 149 g/mol. The van der Waals surface area contributed by atoms with Crippen LogP contribution < -0.4 is 5.14 Å². The van der Waals surface area contributed by atoms with Gasteiger partial charge < -0.3 is 0 Å². The SMILES string of the molecule is C=C[C@@H](C)CS(N)(=O)=O. The summed E-state index contributed by atoms with van der Waals surface area (Å²) in [5, 5.41) is 4.74. The zero-order valence-electron chi connectivity index (χ0n) is 5.37. The first-order valence-corrected chi connectivity index (χ1v) is 4.30. The number of rotatable bonds is 3. The number of hydrogen-bond donors (Lipinski definition) is 1. The fourth-order valence-electron chi connectivity index (χ4n) is 0.434. The van der Waals surface area contributed by atoms with Crippen LogP contribution in [0.3, 0.4) is 0 Å². The number of primary sulfonamides is 1. The molecule has 0 heterocycles. The topological polar surface area (TPSA) is 60.2 Å². The first-order chi connectivity index (χ1) is 3.95. The van der Waals surface area contributed by atoms with Gasteiger partial charge in [0.15, 0.2) is 0 Å². The van der Waals surface area contributed by atoms with Gasteiger partial charge in [-0.15, -0.1) is 6.58 Å². The Morgan fingerprint density at radius 2 is 2.22 bits per heavy atom. The molecule has 9 heavy (non-hydrogen) atoms. The Bertz CT molecular complexity index is 183. The highest BCUT2D eigenvalue weighted by molar-refractivity contribution is 7.89. The fraction of sp³-hybridized carbons (Fsp3) is 0.600. The molecular formula is C5H11NO2S. The highest BCUT2D eigenvalue weighted by atomic mass is 32.2. The Hall–Kier alpha value is -0.350. The van der Waals surface area contributed by atoms with Crippen molar-refractivity contribution in [3.8, 4) is 0 Å². The summed E-state index contributed by atoms with van der Waals surface area (Å²) in [4.78, 5) is 0. The van der Waals surface area contributed by atoms with Gasteiger partial charge in [-0.1, -0.05) is 13.0 Å². The molecule has 0 bridgehead atoms. The van der Waals surface area contributed by atoms with E-state index in [1.807, 2.05) is 0 Å². The minimum atomic E-state index is -3.31.